The number of aliphatic hydroxyl groups is 1. The number of hydrogen-bond donors (Lipinski definition) is 2. The third kappa shape index (κ3) is 6.02. The molecule has 102 valence electrons. The topological polar surface area (TPSA) is 50.7 Å². The van der Waals surface area contributed by atoms with Gasteiger partial charge in [0.1, 0.15) is 18.5 Å². The molecule has 0 bridgehead atoms. The zero-order chi connectivity index (χ0) is 13.4. The summed E-state index contributed by atoms with van der Waals surface area (Å²) in [7, 11) is 1.64. The molecule has 0 saturated heterocycles. The third-order valence-corrected chi connectivity index (χ3v) is 2.98. The van der Waals surface area contributed by atoms with Crippen molar-refractivity contribution in [1.82, 2.24) is 5.32 Å². The minimum Gasteiger partial charge on any atom is -0.489 e. The van der Waals surface area contributed by atoms with E-state index in [2.05, 4.69) is 21.2 Å². The fraction of sp³-hybridized carbons (Fsp3) is 0.500. The fourth-order valence-corrected chi connectivity index (χ4v) is 2.01. The van der Waals surface area contributed by atoms with Gasteiger partial charge in [0.15, 0.2) is 0 Å². The largest absolute Gasteiger partial charge is 0.489 e. The van der Waals surface area contributed by atoms with Crippen LogP contribution in [-0.4, -0.2) is 44.6 Å². The normalized spacial score (nSPS) is 12.4. The predicted molar refractivity (Wildman–Crippen MR) is 75.4 cm³/mol. The van der Waals surface area contributed by atoms with Crippen molar-refractivity contribution in [1.29, 1.82) is 0 Å². The minimum atomic E-state index is -0.582. The molecule has 0 heterocycles. The van der Waals surface area contributed by atoms with Gasteiger partial charge >= 0.3 is 0 Å². The first-order valence-corrected chi connectivity index (χ1v) is 6.76. The lowest BCUT2D eigenvalue weighted by Crippen LogP contribution is -2.33. The molecule has 18 heavy (non-hydrogen) atoms. The van der Waals surface area contributed by atoms with Gasteiger partial charge in [0.25, 0.3) is 0 Å². The van der Waals surface area contributed by atoms with Crippen LogP contribution in [0.2, 0.25) is 5.02 Å². The van der Waals surface area contributed by atoms with Gasteiger partial charge in [0, 0.05) is 24.7 Å². The van der Waals surface area contributed by atoms with E-state index in [0.29, 0.717) is 30.5 Å². The first kappa shape index (κ1) is 15.7. The highest BCUT2D eigenvalue weighted by Gasteiger charge is 2.07. The molecular formula is C12H17BrClNO3. The van der Waals surface area contributed by atoms with Gasteiger partial charge in [-0.1, -0.05) is 27.5 Å². The van der Waals surface area contributed by atoms with Crippen LogP contribution in [0.15, 0.2) is 22.7 Å². The first-order valence-electron chi connectivity index (χ1n) is 5.59. The SMILES string of the molecule is COCCNCC(O)COc1ccc(Br)cc1Cl. The Kier molecular flexibility index (Phi) is 7.62. The molecule has 0 fully saturated rings. The molecule has 0 aliphatic carbocycles. The lowest BCUT2D eigenvalue weighted by Gasteiger charge is -2.14. The number of nitrogens with one attached hydrogen (secondary N) is 1. The van der Waals surface area contributed by atoms with Crippen molar-refractivity contribution in [2.75, 3.05) is 33.4 Å². The second-order valence-electron chi connectivity index (χ2n) is 3.74. The Labute approximate surface area is 120 Å². The van der Waals surface area contributed by atoms with Crippen molar-refractivity contribution >= 4 is 27.5 Å². The third-order valence-electron chi connectivity index (χ3n) is 2.19. The summed E-state index contributed by atoms with van der Waals surface area (Å²) in [5.74, 6) is 0.566. The highest BCUT2D eigenvalue weighted by molar-refractivity contribution is 9.10. The summed E-state index contributed by atoms with van der Waals surface area (Å²) >= 11 is 9.30. The second-order valence-corrected chi connectivity index (χ2v) is 5.06. The molecule has 0 aliphatic rings. The summed E-state index contributed by atoms with van der Waals surface area (Å²) in [4.78, 5) is 0. The monoisotopic (exact) mass is 337 g/mol. The average Bonchev–Trinajstić information content (AvgIpc) is 2.33. The van der Waals surface area contributed by atoms with Gasteiger partial charge < -0.3 is 19.9 Å². The number of benzene rings is 1. The highest BCUT2D eigenvalue weighted by Crippen LogP contribution is 2.27. The number of aliphatic hydroxyl groups excluding tert-OH is 1. The van der Waals surface area contributed by atoms with Crippen LogP contribution in [0.5, 0.6) is 5.75 Å². The van der Waals surface area contributed by atoms with Gasteiger partial charge in [-0.05, 0) is 18.2 Å². The summed E-state index contributed by atoms with van der Waals surface area (Å²) in [6.45, 7) is 1.97. The van der Waals surface area contributed by atoms with Gasteiger partial charge in [-0.25, -0.2) is 0 Å². The van der Waals surface area contributed by atoms with Crippen LogP contribution in [0.3, 0.4) is 0 Å². The lowest BCUT2D eigenvalue weighted by atomic mass is 10.3. The highest BCUT2D eigenvalue weighted by atomic mass is 79.9. The zero-order valence-electron chi connectivity index (χ0n) is 10.2. The molecule has 1 rings (SSSR count). The molecule has 4 nitrogen and oxygen atoms in total. The van der Waals surface area contributed by atoms with E-state index < -0.39 is 6.10 Å². The standard InChI is InChI=1S/C12H17BrClNO3/c1-17-5-4-15-7-10(16)8-18-12-3-2-9(13)6-11(12)14/h2-3,6,10,15-16H,4-5,7-8H2,1H3. The summed E-state index contributed by atoms with van der Waals surface area (Å²) in [5, 5.41) is 13.2. The average molecular weight is 339 g/mol. The lowest BCUT2D eigenvalue weighted by molar-refractivity contribution is 0.103. The van der Waals surface area contributed by atoms with E-state index in [4.69, 9.17) is 21.1 Å². The van der Waals surface area contributed by atoms with Crippen LogP contribution in [-0.2, 0) is 4.74 Å². The molecular weight excluding hydrogens is 321 g/mol. The van der Waals surface area contributed by atoms with Gasteiger partial charge in [-0.3, -0.25) is 0 Å². The predicted octanol–water partition coefficient (Wildman–Crippen LogP) is 2.08. The van der Waals surface area contributed by atoms with E-state index in [0.717, 1.165) is 4.47 Å². The fourth-order valence-electron chi connectivity index (χ4n) is 1.28. The maximum Gasteiger partial charge on any atom is 0.138 e. The molecule has 1 aromatic rings. The molecule has 0 aliphatic heterocycles. The first-order chi connectivity index (χ1) is 8.63. The quantitative estimate of drug-likeness (QED) is 0.713. The van der Waals surface area contributed by atoms with Crippen LogP contribution >= 0.6 is 27.5 Å². The number of rotatable bonds is 8. The van der Waals surface area contributed by atoms with Crippen molar-refractivity contribution in [3.63, 3.8) is 0 Å². The van der Waals surface area contributed by atoms with Crippen molar-refractivity contribution in [2.24, 2.45) is 0 Å². The van der Waals surface area contributed by atoms with E-state index >= 15 is 0 Å². The Morgan fingerprint density at radius 3 is 2.94 bits per heavy atom. The summed E-state index contributed by atoms with van der Waals surface area (Å²) in [6, 6.07) is 5.35. The van der Waals surface area contributed by atoms with Crippen molar-refractivity contribution in [3.8, 4) is 5.75 Å². The second kappa shape index (κ2) is 8.72. The maximum absolute atomic E-state index is 9.67. The van der Waals surface area contributed by atoms with E-state index in [1.807, 2.05) is 6.07 Å². The smallest absolute Gasteiger partial charge is 0.138 e. The summed E-state index contributed by atoms with van der Waals surface area (Å²) in [6.07, 6.45) is -0.582. The van der Waals surface area contributed by atoms with Gasteiger partial charge in [-0.2, -0.15) is 0 Å². The Hall–Kier alpha value is -0.330. The molecule has 0 saturated carbocycles. The van der Waals surface area contributed by atoms with Crippen molar-refractivity contribution < 1.29 is 14.6 Å². The Bertz CT molecular complexity index is 365. The van der Waals surface area contributed by atoms with Gasteiger partial charge in [0.05, 0.1) is 11.6 Å². The van der Waals surface area contributed by atoms with E-state index in [9.17, 15) is 5.11 Å². The molecule has 0 amide bonds. The van der Waals surface area contributed by atoms with Crippen LogP contribution in [0.4, 0.5) is 0 Å². The number of hydrogen-bond acceptors (Lipinski definition) is 4. The molecule has 6 heteroatoms. The molecule has 1 atom stereocenters. The van der Waals surface area contributed by atoms with Gasteiger partial charge in [0.2, 0.25) is 0 Å². The Balaban J connectivity index is 2.27. The van der Waals surface area contributed by atoms with Crippen LogP contribution in [0.1, 0.15) is 0 Å². The minimum absolute atomic E-state index is 0.196. The van der Waals surface area contributed by atoms with Crippen molar-refractivity contribution in [3.05, 3.63) is 27.7 Å². The molecule has 2 N–H and O–H groups in total. The van der Waals surface area contributed by atoms with Crippen molar-refractivity contribution in [2.45, 2.75) is 6.10 Å². The van der Waals surface area contributed by atoms with Crippen LogP contribution in [0.25, 0.3) is 0 Å². The van der Waals surface area contributed by atoms with Crippen LogP contribution < -0.4 is 10.1 Å². The maximum atomic E-state index is 9.67. The number of methoxy groups -OCH3 is 1. The van der Waals surface area contributed by atoms with Crippen LogP contribution in [0, 0.1) is 0 Å². The zero-order valence-corrected chi connectivity index (χ0v) is 12.5. The Morgan fingerprint density at radius 1 is 1.50 bits per heavy atom. The molecule has 0 aromatic heterocycles. The van der Waals surface area contributed by atoms with E-state index in [1.54, 1.807) is 19.2 Å². The summed E-state index contributed by atoms with van der Waals surface area (Å²) in [5.41, 5.74) is 0. The number of ether oxygens (including phenoxy) is 2. The molecule has 0 spiro atoms. The van der Waals surface area contributed by atoms with E-state index in [1.165, 1.54) is 0 Å². The molecule has 1 aromatic carbocycles. The number of halogens is 2. The molecule has 1 unspecified atom stereocenters. The summed E-state index contributed by atoms with van der Waals surface area (Å²) < 4.78 is 11.2. The Morgan fingerprint density at radius 2 is 2.28 bits per heavy atom. The van der Waals surface area contributed by atoms with Gasteiger partial charge in [-0.15, -0.1) is 0 Å². The van der Waals surface area contributed by atoms with E-state index in [-0.39, 0.29) is 6.61 Å². The molecule has 0 radical (unpaired) electrons.